The van der Waals surface area contributed by atoms with Gasteiger partial charge < -0.3 is 19.9 Å². The number of nitrogens with one attached hydrogen (secondary N) is 2. The lowest BCUT2D eigenvalue weighted by Crippen LogP contribution is -2.40. The van der Waals surface area contributed by atoms with Crippen LogP contribution in [0.15, 0.2) is 42.7 Å². The van der Waals surface area contributed by atoms with Crippen LogP contribution in [0.5, 0.6) is 0 Å². The molecule has 4 aromatic rings. The van der Waals surface area contributed by atoms with Crippen molar-refractivity contribution in [2.45, 2.75) is 45.8 Å². The Morgan fingerprint density at radius 1 is 1.19 bits per heavy atom. The molecular formula is C26H28FN7O2. The Hall–Kier alpha value is -4.08. The second kappa shape index (κ2) is 9.52. The Bertz CT molecular complexity index is 1380. The molecule has 0 radical (unpaired) electrons. The predicted molar refractivity (Wildman–Crippen MR) is 134 cm³/mol. The summed E-state index contributed by atoms with van der Waals surface area (Å²) in [7, 11) is 0. The SMILES string of the molecule is CC(C)(C)OC(=O)N1CCc2nc(-c3cncc(F)c3)nc(NCCc3nc4ccccc4[nH]3)c2C1. The molecule has 0 saturated carbocycles. The normalized spacial score (nSPS) is 13.5. The first-order chi connectivity index (χ1) is 17.2. The number of aromatic amines is 1. The molecule has 1 amide bonds. The van der Waals surface area contributed by atoms with Gasteiger partial charge in [0.05, 0.1) is 29.5 Å². The number of aromatic nitrogens is 5. The molecule has 36 heavy (non-hydrogen) atoms. The number of carbonyl (C=O) groups excluding carboxylic acids is 1. The Kier molecular flexibility index (Phi) is 6.26. The molecule has 186 valence electrons. The van der Waals surface area contributed by atoms with Gasteiger partial charge in [0.1, 0.15) is 23.1 Å². The lowest BCUT2D eigenvalue weighted by Gasteiger charge is -2.31. The predicted octanol–water partition coefficient (Wildman–Crippen LogP) is 4.50. The smallest absolute Gasteiger partial charge is 0.410 e. The van der Waals surface area contributed by atoms with E-state index in [1.54, 1.807) is 11.1 Å². The van der Waals surface area contributed by atoms with E-state index in [-0.39, 0.29) is 6.09 Å². The molecule has 5 rings (SSSR count). The Morgan fingerprint density at radius 3 is 2.81 bits per heavy atom. The van der Waals surface area contributed by atoms with Gasteiger partial charge in [-0.2, -0.15) is 0 Å². The minimum atomic E-state index is -0.588. The van der Waals surface area contributed by atoms with E-state index in [4.69, 9.17) is 14.7 Å². The summed E-state index contributed by atoms with van der Waals surface area (Å²) >= 11 is 0. The van der Waals surface area contributed by atoms with E-state index < -0.39 is 11.4 Å². The fourth-order valence-electron chi connectivity index (χ4n) is 4.13. The Balaban J connectivity index is 1.41. The van der Waals surface area contributed by atoms with Crippen molar-refractivity contribution in [3.63, 3.8) is 0 Å². The van der Waals surface area contributed by atoms with Crippen molar-refractivity contribution in [1.82, 2.24) is 29.8 Å². The number of hydrogen-bond donors (Lipinski definition) is 2. The maximum atomic E-state index is 13.8. The fourth-order valence-corrected chi connectivity index (χ4v) is 4.13. The molecule has 0 unspecified atom stereocenters. The van der Waals surface area contributed by atoms with E-state index in [2.05, 4.69) is 20.3 Å². The molecule has 3 aromatic heterocycles. The van der Waals surface area contributed by atoms with Crippen LogP contribution >= 0.6 is 0 Å². The minimum absolute atomic E-state index is 0.318. The maximum absolute atomic E-state index is 13.8. The summed E-state index contributed by atoms with van der Waals surface area (Å²) in [5.74, 6) is 1.39. The second-order valence-corrected chi connectivity index (χ2v) is 9.74. The van der Waals surface area contributed by atoms with Crippen LogP contribution in [-0.2, 0) is 24.1 Å². The number of imidazole rings is 1. The zero-order valence-corrected chi connectivity index (χ0v) is 20.5. The summed E-state index contributed by atoms with van der Waals surface area (Å²) in [6.45, 7) is 6.87. The zero-order valence-electron chi connectivity index (χ0n) is 20.5. The molecule has 0 saturated heterocycles. The molecule has 1 aliphatic heterocycles. The highest BCUT2D eigenvalue weighted by molar-refractivity contribution is 5.74. The molecule has 0 aliphatic carbocycles. The monoisotopic (exact) mass is 489 g/mol. The van der Waals surface area contributed by atoms with Gasteiger partial charge in [0.15, 0.2) is 5.82 Å². The summed E-state index contributed by atoms with van der Waals surface area (Å²) < 4.78 is 19.4. The van der Waals surface area contributed by atoms with E-state index in [1.807, 2.05) is 45.0 Å². The molecule has 1 aromatic carbocycles. The number of halogens is 1. The number of H-pyrrole nitrogens is 1. The highest BCUT2D eigenvalue weighted by Gasteiger charge is 2.29. The van der Waals surface area contributed by atoms with Crippen molar-refractivity contribution in [3.05, 3.63) is 65.6 Å². The number of nitrogens with zero attached hydrogens (tertiary/aromatic N) is 5. The molecule has 0 bridgehead atoms. The van der Waals surface area contributed by atoms with Crippen LogP contribution in [0.25, 0.3) is 22.4 Å². The summed E-state index contributed by atoms with van der Waals surface area (Å²) in [5, 5.41) is 3.39. The molecule has 0 fully saturated rings. The molecular weight excluding hydrogens is 461 g/mol. The van der Waals surface area contributed by atoms with Crippen molar-refractivity contribution in [1.29, 1.82) is 0 Å². The molecule has 0 spiro atoms. The average molecular weight is 490 g/mol. The van der Waals surface area contributed by atoms with Gasteiger partial charge in [-0.05, 0) is 39.0 Å². The molecule has 4 heterocycles. The third-order valence-electron chi connectivity index (χ3n) is 5.77. The van der Waals surface area contributed by atoms with Crippen molar-refractivity contribution in [2.75, 3.05) is 18.4 Å². The van der Waals surface area contributed by atoms with Crippen molar-refractivity contribution >= 4 is 22.9 Å². The quantitative estimate of drug-likeness (QED) is 0.425. The number of anilines is 1. The third-order valence-corrected chi connectivity index (χ3v) is 5.77. The highest BCUT2D eigenvalue weighted by atomic mass is 19.1. The van der Waals surface area contributed by atoms with Crippen LogP contribution in [-0.4, -0.2) is 54.6 Å². The number of para-hydroxylation sites is 2. The number of fused-ring (bicyclic) bond motifs is 2. The molecule has 0 atom stereocenters. The number of carbonyl (C=O) groups is 1. The van der Waals surface area contributed by atoms with Gasteiger partial charge in [-0.15, -0.1) is 0 Å². The topological polar surface area (TPSA) is 109 Å². The van der Waals surface area contributed by atoms with E-state index in [0.717, 1.165) is 34.3 Å². The van der Waals surface area contributed by atoms with Crippen LogP contribution in [0.1, 0.15) is 37.9 Å². The largest absolute Gasteiger partial charge is 0.444 e. The highest BCUT2D eigenvalue weighted by Crippen LogP contribution is 2.28. The van der Waals surface area contributed by atoms with Crippen LogP contribution in [0.4, 0.5) is 15.0 Å². The summed E-state index contributed by atoms with van der Waals surface area (Å²) in [5.41, 5.74) is 3.45. The van der Waals surface area contributed by atoms with Crippen LogP contribution in [0, 0.1) is 5.82 Å². The van der Waals surface area contributed by atoms with Crippen LogP contribution in [0.3, 0.4) is 0 Å². The van der Waals surface area contributed by atoms with E-state index in [9.17, 15) is 9.18 Å². The van der Waals surface area contributed by atoms with Gasteiger partial charge in [0.2, 0.25) is 0 Å². The Labute approximate surface area is 208 Å². The Morgan fingerprint density at radius 2 is 2.03 bits per heavy atom. The van der Waals surface area contributed by atoms with Crippen LogP contribution in [0.2, 0.25) is 0 Å². The number of amides is 1. The third kappa shape index (κ3) is 5.27. The molecule has 9 nitrogen and oxygen atoms in total. The standard InChI is InChI=1S/C26H28FN7O2/c1-26(2,3)36-25(35)34-11-9-19-18(15-34)24(33-23(32-19)16-12-17(27)14-28-13-16)29-10-8-22-30-20-6-4-5-7-21(20)31-22/h4-7,12-14H,8-11,15H2,1-3H3,(H,30,31)(H,29,32,33). The van der Waals surface area contributed by atoms with Gasteiger partial charge in [-0.1, -0.05) is 12.1 Å². The molecule has 10 heteroatoms. The van der Waals surface area contributed by atoms with Crippen molar-refractivity contribution in [3.8, 4) is 11.4 Å². The number of benzene rings is 1. The zero-order chi connectivity index (χ0) is 25.3. The first kappa shape index (κ1) is 23.7. The van der Waals surface area contributed by atoms with Crippen molar-refractivity contribution in [2.24, 2.45) is 0 Å². The van der Waals surface area contributed by atoms with Gasteiger partial charge >= 0.3 is 6.09 Å². The van der Waals surface area contributed by atoms with E-state index >= 15 is 0 Å². The fraction of sp³-hybridized carbons (Fsp3) is 0.346. The first-order valence-corrected chi connectivity index (χ1v) is 11.9. The average Bonchev–Trinajstić information content (AvgIpc) is 3.25. The van der Waals surface area contributed by atoms with Gasteiger partial charge in [0, 0.05) is 43.3 Å². The first-order valence-electron chi connectivity index (χ1n) is 11.9. The summed E-state index contributed by atoms with van der Waals surface area (Å²) in [4.78, 5) is 35.7. The van der Waals surface area contributed by atoms with Crippen molar-refractivity contribution < 1.29 is 13.9 Å². The minimum Gasteiger partial charge on any atom is -0.444 e. The molecule has 1 aliphatic rings. The van der Waals surface area contributed by atoms with Gasteiger partial charge in [0.25, 0.3) is 0 Å². The summed E-state index contributed by atoms with van der Waals surface area (Å²) in [6, 6.07) is 9.24. The van der Waals surface area contributed by atoms with E-state index in [1.165, 1.54) is 6.07 Å². The second-order valence-electron chi connectivity index (χ2n) is 9.74. The summed E-state index contributed by atoms with van der Waals surface area (Å²) in [6.07, 6.45) is 3.48. The van der Waals surface area contributed by atoms with Gasteiger partial charge in [-0.3, -0.25) is 4.98 Å². The molecule has 2 N–H and O–H groups in total. The lowest BCUT2D eigenvalue weighted by molar-refractivity contribution is 0.0223. The number of rotatable bonds is 5. The lowest BCUT2D eigenvalue weighted by atomic mass is 10.1. The number of pyridine rings is 1. The van der Waals surface area contributed by atoms with Crippen LogP contribution < -0.4 is 5.32 Å². The number of ether oxygens (including phenoxy) is 1. The number of hydrogen-bond acceptors (Lipinski definition) is 7. The van der Waals surface area contributed by atoms with Gasteiger partial charge in [-0.25, -0.2) is 24.1 Å². The maximum Gasteiger partial charge on any atom is 0.410 e. The van der Waals surface area contributed by atoms with E-state index in [0.29, 0.717) is 49.7 Å².